The summed E-state index contributed by atoms with van der Waals surface area (Å²) in [6.07, 6.45) is 1.08. The lowest BCUT2D eigenvalue weighted by Gasteiger charge is -2.23. The smallest absolute Gasteiger partial charge is 0.264 e. The molecule has 0 amide bonds. The predicted octanol–water partition coefficient (Wildman–Crippen LogP) is -0.298. The highest BCUT2D eigenvalue weighted by atomic mass is 32.2. The minimum Gasteiger partial charge on any atom is -0.309 e. The Kier molecular flexibility index (Phi) is 6.35. The van der Waals surface area contributed by atoms with Crippen molar-refractivity contribution >= 4 is 10.1 Å². The van der Waals surface area contributed by atoms with Gasteiger partial charge in [-0.05, 0) is 28.2 Å². The lowest BCUT2D eigenvalue weighted by Crippen LogP contribution is -2.33. The van der Waals surface area contributed by atoms with Crippen LogP contribution >= 0.6 is 0 Å². The zero-order valence-electron chi connectivity index (χ0n) is 10.2. The lowest BCUT2D eigenvalue weighted by molar-refractivity contribution is 0.182. The van der Waals surface area contributed by atoms with Gasteiger partial charge >= 0.3 is 0 Å². The molecular formula is C9H22N2O3S. The van der Waals surface area contributed by atoms with Gasteiger partial charge in [-0.2, -0.15) is 8.42 Å². The molecular weight excluding hydrogens is 216 g/mol. The molecule has 0 unspecified atom stereocenters. The predicted molar refractivity (Wildman–Crippen MR) is 61.4 cm³/mol. The van der Waals surface area contributed by atoms with Crippen molar-refractivity contribution in [1.29, 1.82) is 0 Å². The molecule has 0 aromatic heterocycles. The summed E-state index contributed by atoms with van der Waals surface area (Å²) >= 11 is 0. The average molecular weight is 238 g/mol. The van der Waals surface area contributed by atoms with Gasteiger partial charge in [0, 0.05) is 19.0 Å². The Balaban J connectivity index is 4.12. The van der Waals surface area contributed by atoms with Crippen LogP contribution in [0.5, 0.6) is 0 Å². The maximum atomic E-state index is 10.9. The Morgan fingerprint density at radius 3 is 1.73 bits per heavy atom. The van der Waals surface area contributed by atoms with Crippen molar-refractivity contribution in [2.24, 2.45) is 5.92 Å². The van der Waals surface area contributed by atoms with E-state index in [-0.39, 0.29) is 12.5 Å². The fourth-order valence-corrected chi connectivity index (χ4v) is 1.86. The second-order valence-electron chi connectivity index (χ2n) is 4.38. The molecule has 0 radical (unpaired) electrons. The van der Waals surface area contributed by atoms with Crippen molar-refractivity contribution in [3.63, 3.8) is 0 Å². The molecule has 0 saturated heterocycles. The molecule has 0 fully saturated rings. The quantitative estimate of drug-likeness (QED) is 0.570. The summed E-state index contributed by atoms with van der Waals surface area (Å²) in [4.78, 5) is 4.06. The molecule has 0 aliphatic carbocycles. The van der Waals surface area contributed by atoms with Crippen molar-refractivity contribution in [3.8, 4) is 0 Å². The van der Waals surface area contributed by atoms with Gasteiger partial charge < -0.3 is 9.80 Å². The first kappa shape index (κ1) is 14.8. The normalized spacial score (nSPS) is 13.1. The van der Waals surface area contributed by atoms with E-state index in [4.69, 9.17) is 4.18 Å². The van der Waals surface area contributed by atoms with Crippen LogP contribution in [0.1, 0.15) is 0 Å². The molecule has 6 heteroatoms. The zero-order chi connectivity index (χ0) is 12.1. The van der Waals surface area contributed by atoms with Crippen LogP contribution in [0, 0.1) is 5.92 Å². The Hall–Kier alpha value is -0.170. The second kappa shape index (κ2) is 6.42. The molecule has 0 spiro atoms. The van der Waals surface area contributed by atoms with E-state index in [1.54, 1.807) is 0 Å². The van der Waals surface area contributed by atoms with Gasteiger partial charge in [0.05, 0.1) is 12.9 Å². The van der Waals surface area contributed by atoms with Gasteiger partial charge in [0.15, 0.2) is 0 Å². The maximum Gasteiger partial charge on any atom is 0.264 e. The van der Waals surface area contributed by atoms with Crippen molar-refractivity contribution in [3.05, 3.63) is 0 Å². The van der Waals surface area contributed by atoms with Crippen LogP contribution in [0.2, 0.25) is 0 Å². The van der Waals surface area contributed by atoms with Crippen molar-refractivity contribution in [1.82, 2.24) is 9.80 Å². The first-order valence-electron chi connectivity index (χ1n) is 4.84. The van der Waals surface area contributed by atoms with Crippen molar-refractivity contribution < 1.29 is 12.6 Å². The Bertz CT molecular complexity index is 253. The third-order valence-electron chi connectivity index (χ3n) is 1.76. The van der Waals surface area contributed by atoms with Crippen LogP contribution in [-0.2, 0) is 14.3 Å². The van der Waals surface area contributed by atoms with E-state index in [0.717, 1.165) is 19.3 Å². The minimum atomic E-state index is -3.33. The molecule has 0 aliphatic rings. The molecule has 15 heavy (non-hydrogen) atoms. The molecule has 92 valence electrons. The fraction of sp³-hybridized carbons (Fsp3) is 1.00. The molecule has 0 aromatic carbocycles. The molecule has 0 saturated carbocycles. The van der Waals surface area contributed by atoms with Gasteiger partial charge in [0.1, 0.15) is 0 Å². The molecule has 0 atom stereocenters. The standard InChI is InChI=1S/C9H22N2O3S/c1-10(2)6-9(7-11(3)4)8-14-15(5,12)13/h9H,6-8H2,1-5H3. The summed E-state index contributed by atoms with van der Waals surface area (Å²) in [5.41, 5.74) is 0. The highest BCUT2D eigenvalue weighted by Gasteiger charge is 2.14. The summed E-state index contributed by atoms with van der Waals surface area (Å²) in [6.45, 7) is 1.87. The topological polar surface area (TPSA) is 49.9 Å². The van der Waals surface area contributed by atoms with Gasteiger partial charge in [0.2, 0.25) is 0 Å². The molecule has 0 aromatic rings. The van der Waals surface area contributed by atoms with Crippen LogP contribution in [0.3, 0.4) is 0 Å². The molecule has 0 aliphatic heterocycles. The Morgan fingerprint density at radius 2 is 1.47 bits per heavy atom. The van der Waals surface area contributed by atoms with E-state index in [0.29, 0.717) is 0 Å². The number of hydrogen-bond acceptors (Lipinski definition) is 5. The molecule has 0 rings (SSSR count). The lowest BCUT2D eigenvalue weighted by atomic mass is 10.1. The van der Waals surface area contributed by atoms with E-state index in [1.807, 2.05) is 38.0 Å². The number of nitrogens with zero attached hydrogens (tertiary/aromatic N) is 2. The van der Waals surface area contributed by atoms with Gasteiger partial charge in [-0.25, -0.2) is 0 Å². The first-order chi connectivity index (χ1) is 6.70. The van der Waals surface area contributed by atoms with E-state index in [2.05, 4.69) is 0 Å². The minimum absolute atomic E-state index is 0.199. The number of rotatable bonds is 7. The summed E-state index contributed by atoms with van der Waals surface area (Å²) in [6, 6.07) is 0. The summed E-state index contributed by atoms with van der Waals surface area (Å²) < 4.78 is 26.5. The van der Waals surface area contributed by atoms with E-state index in [1.165, 1.54) is 0 Å². The van der Waals surface area contributed by atoms with Gasteiger partial charge in [0.25, 0.3) is 10.1 Å². The van der Waals surface area contributed by atoms with Crippen LogP contribution < -0.4 is 0 Å². The zero-order valence-corrected chi connectivity index (χ0v) is 11.0. The number of hydrogen-bond donors (Lipinski definition) is 0. The molecule has 0 heterocycles. The SMILES string of the molecule is CN(C)CC(COS(C)(=O)=O)CN(C)C. The summed E-state index contributed by atoms with van der Waals surface area (Å²) in [5.74, 6) is 0.199. The highest BCUT2D eigenvalue weighted by molar-refractivity contribution is 7.85. The van der Waals surface area contributed by atoms with E-state index in [9.17, 15) is 8.42 Å². The van der Waals surface area contributed by atoms with Crippen molar-refractivity contribution in [2.45, 2.75) is 0 Å². The molecule has 5 nitrogen and oxygen atoms in total. The maximum absolute atomic E-state index is 10.9. The average Bonchev–Trinajstić information content (AvgIpc) is 1.96. The second-order valence-corrected chi connectivity index (χ2v) is 6.02. The highest BCUT2D eigenvalue weighted by Crippen LogP contribution is 2.03. The van der Waals surface area contributed by atoms with Crippen LogP contribution in [-0.4, -0.2) is 72.4 Å². The van der Waals surface area contributed by atoms with Gasteiger partial charge in [-0.1, -0.05) is 0 Å². The van der Waals surface area contributed by atoms with E-state index < -0.39 is 10.1 Å². The third kappa shape index (κ3) is 10.1. The van der Waals surface area contributed by atoms with Crippen molar-refractivity contribution in [2.75, 3.05) is 54.1 Å². The van der Waals surface area contributed by atoms with E-state index >= 15 is 0 Å². The largest absolute Gasteiger partial charge is 0.309 e. The van der Waals surface area contributed by atoms with Gasteiger partial charge in [-0.15, -0.1) is 0 Å². The third-order valence-corrected chi connectivity index (χ3v) is 2.33. The first-order valence-corrected chi connectivity index (χ1v) is 6.66. The van der Waals surface area contributed by atoms with Crippen LogP contribution in [0.4, 0.5) is 0 Å². The molecule has 0 bridgehead atoms. The van der Waals surface area contributed by atoms with Crippen LogP contribution in [0.15, 0.2) is 0 Å². The van der Waals surface area contributed by atoms with Gasteiger partial charge in [-0.3, -0.25) is 4.18 Å². The Labute approximate surface area is 93.1 Å². The summed E-state index contributed by atoms with van der Waals surface area (Å²) in [5, 5.41) is 0. The summed E-state index contributed by atoms with van der Waals surface area (Å²) in [7, 11) is 4.52. The Morgan fingerprint density at radius 1 is 1.07 bits per heavy atom. The monoisotopic (exact) mass is 238 g/mol. The van der Waals surface area contributed by atoms with Crippen LogP contribution in [0.25, 0.3) is 0 Å². The molecule has 0 N–H and O–H groups in total. The fourth-order valence-electron chi connectivity index (χ4n) is 1.42.